The van der Waals surface area contributed by atoms with Crippen molar-refractivity contribution in [2.24, 2.45) is 0 Å². The number of aromatic nitrogens is 2. The van der Waals surface area contributed by atoms with E-state index in [0.717, 1.165) is 29.6 Å². The number of nitrogens with one attached hydrogen (secondary N) is 1. The SMILES string of the molecule is CCOc1ccc(CN2CCCC2c2cc3n(n2)[C@@H](C(F)(F)F)C[C@@H](C)N3)cc1OC. The van der Waals surface area contributed by atoms with E-state index in [0.29, 0.717) is 36.2 Å². The van der Waals surface area contributed by atoms with Gasteiger partial charge in [-0.2, -0.15) is 18.3 Å². The van der Waals surface area contributed by atoms with Crippen LogP contribution < -0.4 is 14.8 Å². The second-order valence-electron chi connectivity index (χ2n) is 8.28. The fraction of sp³-hybridized carbons (Fsp3) is 0.591. The molecule has 6 nitrogen and oxygen atoms in total. The molecule has 170 valence electrons. The van der Waals surface area contributed by atoms with Crippen LogP contribution >= 0.6 is 0 Å². The predicted molar refractivity (Wildman–Crippen MR) is 112 cm³/mol. The first kappa shape index (κ1) is 21.8. The summed E-state index contributed by atoms with van der Waals surface area (Å²) in [5, 5.41) is 7.58. The van der Waals surface area contributed by atoms with Gasteiger partial charge in [0.25, 0.3) is 0 Å². The van der Waals surface area contributed by atoms with Crippen molar-refractivity contribution in [3.05, 3.63) is 35.5 Å². The van der Waals surface area contributed by atoms with Gasteiger partial charge in [0.1, 0.15) is 5.82 Å². The summed E-state index contributed by atoms with van der Waals surface area (Å²) in [5.74, 6) is 1.83. The Morgan fingerprint density at radius 1 is 1.23 bits per heavy atom. The normalized spacial score (nSPS) is 24.0. The minimum absolute atomic E-state index is 0.0124. The van der Waals surface area contributed by atoms with Crippen molar-refractivity contribution in [2.45, 2.75) is 64.0 Å². The molecule has 1 saturated heterocycles. The fourth-order valence-corrected chi connectivity index (χ4v) is 4.61. The van der Waals surface area contributed by atoms with Crippen molar-refractivity contribution in [1.29, 1.82) is 0 Å². The summed E-state index contributed by atoms with van der Waals surface area (Å²) in [6.45, 7) is 5.79. The third kappa shape index (κ3) is 4.46. The highest BCUT2D eigenvalue weighted by atomic mass is 19.4. The van der Waals surface area contributed by atoms with Gasteiger partial charge >= 0.3 is 6.18 Å². The van der Waals surface area contributed by atoms with Crippen molar-refractivity contribution in [3.63, 3.8) is 0 Å². The van der Waals surface area contributed by atoms with Gasteiger partial charge in [-0.3, -0.25) is 4.90 Å². The van der Waals surface area contributed by atoms with Crippen LogP contribution in [0.5, 0.6) is 11.5 Å². The second-order valence-corrected chi connectivity index (χ2v) is 8.28. The molecule has 1 aromatic heterocycles. The Balaban J connectivity index is 1.56. The number of rotatable bonds is 6. The molecule has 3 heterocycles. The van der Waals surface area contributed by atoms with Gasteiger partial charge in [-0.15, -0.1) is 0 Å². The zero-order chi connectivity index (χ0) is 22.2. The lowest BCUT2D eigenvalue weighted by atomic mass is 10.1. The molecule has 1 unspecified atom stereocenters. The minimum atomic E-state index is -4.32. The number of fused-ring (bicyclic) bond motifs is 1. The van der Waals surface area contributed by atoms with E-state index >= 15 is 0 Å². The lowest BCUT2D eigenvalue weighted by Gasteiger charge is -2.31. The average molecular weight is 438 g/mol. The van der Waals surface area contributed by atoms with E-state index in [4.69, 9.17) is 9.47 Å². The number of ether oxygens (including phenoxy) is 2. The lowest BCUT2D eigenvalue weighted by molar-refractivity contribution is -0.173. The van der Waals surface area contributed by atoms with Gasteiger partial charge in [-0.05, 0) is 57.4 Å². The second kappa shape index (κ2) is 8.61. The molecule has 4 rings (SSSR count). The van der Waals surface area contributed by atoms with Crippen LogP contribution in [0.25, 0.3) is 0 Å². The van der Waals surface area contributed by atoms with E-state index < -0.39 is 12.2 Å². The Labute approximate surface area is 180 Å². The Bertz CT molecular complexity index is 915. The van der Waals surface area contributed by atoms with Crippen LogP contribution in [0.4, 0.5) is 19.0 Å². The molecule has 2 aromatic rings. The summed E-state index contributed by atoms with van der Waals surface area (Å²) in [4.78, 5) is 2.27. The van der Waals surface area contributed by atoms with Crippen molar-refractivity contribution in [2.75, 3.05) is 25.6 Å². The van der Waals surface area contributed by atoms with Crippen LogP contribution in [0, 0.1) is 0 Å². The van der Waals surface area contributed by atoms with E-state index in [-0.39, 0.29) is 18.5 Å². The highest BCUT2D eigenvalue weighted by Gasteiger charge is 2.46. The predicted octanol–water partition coefficient (Wildman–Crippen LogP) is 4.94. The van der Waals surface area contributed by atoms with Crippen molar-refractivity contribution < 1.29 is 22.6 Å². The Morgan fingerprint density at radius 3 is 2.74 bits per heavy atom. The zero-order valence-corrected chi connectivity index (χ0v) is 18.1. The van der Waals surface area contributed by atoms with Crippen LogP contribution in [-0.4, -0.2) is 47.2 Å². The third-order valence-electron chi connectivity index (χ3n) is 6.02. The summed E-state index contributed by atoms with van der Waals surface area (Å²) in [5.41, 5.74) is 1.76. The quantitative estimate of drug-likeness (QED) is 0.693. The number of halogens is 3. The molecule has 0 saturated carbocycles. The van der Waals surface area contributed by atoms with Gasteiger partial charge < -0.3 is 14.8 Å². The molecule has 1 N–H and O–H groups in total. The molecule has 2 aliphatic rings. The van der Waals surface area contributed by atoms with E-state index in [9.17, 15) is 13.2 Å². The highest BCUT2D eigenvalue weighted by Crippen LogP contribution is 2.42. The summed E-state index contributed by atoms with van der Waals surface area (Å²) in [6, 6.07) is 5.80. The summed E-state index contributed by atoms with van der Waals surface area (Å²) < 4.78 is 52.9. The number of benzene rings is 1. The Hall–Kier alpha value is -2.42. The number of hydrogen-bond donors (Lipinski definition) is 1. The van der Waals surface area contributed by atoms with Gasteiger partial charge in [0.2, 0.25) is 0 Å². The van der Waals surface area contributed by atoms with Crippen LogP contribution in [0.15, 0.2) is 24.3 Å². The molecule has 1 aromatic carbocycles. The Morgan fingerprint density at radius 2 is 2.03 bits per heavy atom. The van der Waals surface area contributed by atoms with Crippen LogP contribution in [-0.2, 0) is 6.54 Å². The maximum Gasteiger partial charge on any atom is 0.410 e. The average Bonchev–Trinajstić information content (AvgIpc) is 3.34. The Kier molecular flexibility index (Phi) is 6.05. The smallest absolute Gasteiger partial charge is 0.410 e. The van der Waals surface area contributed by atoms with E-state index in [1.54, 1.807) is 20.1 Å². The number of methoxy groups -OCH3 is 1. The van der Waals surface area contributed by atoms with Gasteiger partial charge in [-0.25, -0.2) is 4.68 Å². The molecular formula is C22H29F3N4O2. The summed E-state index contributed by atoms with van der Waals surface area (Å²) >= 11 is 0. The molecule has 1 fully saturated rings. The highest BCUT2D eigenvalue weighted by molar-refractivity contribution is 5.44. The largest absolute Gasteiger partial charge is 0.493 e. The van der Waals surface area contributed by atoms with E-state index in [1.807, 2.05) is 25.1 Å². The zero-order valence-electron chi connectivity index (χ0n) is 18.1. The van der Waals surface area contributed by atoms with Crippen molar-refractivity contribution in [1.82, 2.24) is 14.7 Å². The number of hydrogen-bond acceptors (Lipinski definition) is 5. The number of alkyl halides is 3. The van der Waals surface area contributed by atoms with Crippen LogP contribution in [0.3, 0.4) is 0 Å². The number of likely N-dealkylation sites (tertiary alicyclic amines) is 1. The van der Waals surface area contributed by atoms with Crippen molar-refractivity contribution in [3.8, 4) is 11.5 Å². The minimum Gasteiger partial charge on any atom is -0.493 e. The van der Waals surface area contributed by atoms with Gasteiger partial charge in [0.15, 0.2) is 17.5 Å². The molecule has 2 aliphatic heterocycles. The summed E-state index contributed by atoms with van der Waals surface area (Å²) in [6.07, 6.45) is -2.48. The first-order valence-corrected chi connectivity index (χ1v) is 10.8. The van der Waals surface area contributed by atoms with Gasteiger partial charge in [-0.1, -0.05) is 6.07 Å². The molecule has 0 bridgehead atoms. The first-order valence-electron chi connectivity index (χ1n) is 10.8. The maximum absolute atomic E-state index is 13.6. The fourth-order valence-electron chi connectivity index (χ4n) is 4.61. The molecule has 0 aliphatic carbocycles. The topological polar surface area (TPSA) is 51.5 Å². The molecular weight excluding hydrogens is 409 g/mol. The molecule has 0 amide bonds. The van der Waals surface area contributed by atoms with Crippen molar-refractivity contribution >= 4 is 5.82 Å². The monoisotopic (exact) mass is 438 g/mol. The summed E-state index contributed by atoms with van der Waals surface area (Å²) in [7, 11) is 1.61. The number of anilines is 1. The lowest BCUT2D eigenvalue weighted by Crippen LogP contribution is -2.37. The number of nitrogens with zero attached hydrogens (tertiary/aromatic N) is 3. The standard InChI is InChI=1S/C22H29F3N4O2/c1-4-31-18-8-7-15(11-19(18)30-3)13-28-9-5-6-17(28)16-12-21-26-14(2)10-20(22(23,24)25)29(21)27-16/h7-8,11-12,14,17,20,26H,4-6,9-10,13H2,1-3H3/t14-,17?,20-/m1/s1. The maximum atomic E-state index is 13.6. The molecule has 3 atom stereocenters. The van der Waals surface area contributed by atoms with Crippen LogP contribution in [0.2, 0.25) is 0 Å². The molecule has 31 heavy (non-hydrogen) atoms. The van der Waals surface area contributed by atoms with E-state index in [2.05, 4.69) is 15.3 Å². The third-order valence-corrected chi connectivity index (χ3v) is 6.02. The van der Waals surface area contributed by atoms with Gasteiger partial charge in [0, 0.05) is 18.7 Å². The van der Waals surface area contributed by atoms with E-state index in [1.165, 1.54) is 0 Å². The molecule has 0 radical (unpaired) electrons. The molecule has 9 heteroatoms. The van der Waals surface area contributed by atoms with Gasteiger partial charge in [0.05, 0.1) is 25.5 Å². The van der Waals surface area contributed by atoms with Crippen LogP contribution in [0.1, 0.15) is 56.5 Å². The molecule has 0 spiro atoms. The first-order chi connectivity index (χ1) is 14.8.